The molecule has 0 aliphatic heterocycles. The molecule has 1 amide bonds. The van der Waals surface area contributed by atoms with Crippen molar-refractivity contribution >= 4 is 33.7 Å². The van der Waals surface area contributed by atoms with E-state index < -0.39 is 0 Å². The SMILES string of the molecule is CC(C)n1ncc2cc(NC(=O)Cn3nnc4ccccc43)cnc21. The summed E-state index contributed by atoms with van der Waals surface area (Å²) in [5.41, 5.74) is 3.02. The molecular weight excluding hydrogens is 318 g/mol. The van der Waals surface area contributed by atoms with Crippen LogP contribution in [0.3, 0.4) is 0 Å². The van der Waals surface area contributed by atoms with Gasteiger partial charge in [-0.2, -0.15) is 5.10 Å². The molecule has 0 aliphatic rings. The minimum absolute atomic E-state index is 0.0871. The number of nitrogens with zero attached hydrogens (tertiary/aromatic N) is 6. The zero-order chi connectivity index (χ0) is 17.4. The molecule has 8 heteroatoms. The van der Waals surface area contributed by atoms with Gasteiger partial charge < -0.3 is 5.32 Å². The van der Waals surface area contributed by atoms with Crippen LogP contribution in [0.5, 0.6) is 0 Å². The van der Waals surface area contributed by atoms with Gasteiger partial charge in [0.1, 0.15) is 12.1 Å². The summed E-state index contributed by atoms with van der Waals surface area (Å²) in [7, 11) is 0. The van der Waals surface area contributed by atoms with Crippen molar-refractivity contribution in [2.75, 3.05) is 5.32 Å². The highest BCUT2D eigenvalue weighted by molar-refractivity contribution is 5.93. The second-order valence-corrected chi connectivity index (χ2v) is 6.10. The summed E-state index contributed by atoms with van der Waals surface area (Å²) in [6, 6.07) is 9.62. The Morgan fingerprint density at radius 3 is 2.92 bits per heavy atom. The molecular formula is C17H17N7O. The maximum atomic E-state index is 12.3. The first-order valence-corrected chi connectivity index (χ1v) is 8.03. The Labute approximate surface area is 143 Å². The van der Waals surface area contributed by atoms with Gasteiger partial charge in [-0.15, -0.1) is 5.10 Å². The van der Waals surface area contributed by atoms with Crippen molar-refractivity contribution in [1.82, 2.24) is 29.8 Å². The average Bonchev–Trinajstić information content (AvgIpc) is 3.19. The number of carbonyl (C=O) groups is 1. The van der Waals surface area contributed by atoms with Crippen LogP contribution in [0.25, 0.3) is 22.1 Å². The number of aromatic nitrogens is 6. The van der Waals surface area contributed by atoms with Gasteiger partial charge in [0.05, 0.1) is 23.6 Å². The van der Waals surface area contributed by atoms with Gasteiger partial charge >= 0.3 is 0 Å². The third-order valence-electron chi connectivity index (χ3n) is 3.92. The number of rotatable bonds is 4. The highest BCUT2D eigenvalue weighted by Gasteiger charge is 2.11. The number of benzene rings is 1. The minimum atomic E-state index is -0.187. The zero-order valence-electron chi connectivity index (χ0n) is 13.9. The van der Waals surface area contributed by atoms with Crippen molar-refractivity contribution in [3.05, 3.63) is 42.7 Å². The highest BCUT2D eigenvalue weighted by Crippen LogP contribution is 2.19. The van der Waals surface area contributed by atoms with E-state index in [9.17, 15) is 4.79 Å². The Bertz CT molecular complexity index is 1060. The number of carbonyl (C=O) groups excluding carboxylic acids is 1. The van der Waals surface area contributed by atoms with Crippen molar-refractivity contribution in [2.45, 2.75) is 26.4 Å². The largest absolute Gasteiger partial charge is 0.323 e. The lowest BCUT2D eigenvalue weighted by molar-refractivity contribution is -0.116. The summed E-state index contributed by atoms with van der Waals surface area (Å²) < 4.78 is 3.43. The Kier molecular flexibility index (Phi) is 3.64. The number of para-hydroxylation sites is 1. The minimum Gasteiger partial charge on any atom is -0.323 e. The molecule has 0 spiro atoms. The Hall–Kier alpha value is -3.29. The van der Waals surface area contributed by atoms with Crippen LogP contribution in [-0.4, -0.2) is 35.7 Å². The summed E-state index contributed by atoms with van der Waals surface area (Å²) in [5.74, 6) is -0.187. The van der Waals surface area contributed by atoms with Crippen molar-refractivity contribution in [1.29, 1.82) is 0 Å². The predicted molar refractivity (Wildman–Crippen MR) is 94.1 cm³/mol. The van der Waals surface area contributed by atoms with E-state index in [4.69, 9.17) is 0 Å². The molecule has 0 fully saturated rings. The highest BCUT2D eigenvalue weighted by atomic mass is 16.2. The molecule has 1 aromatic carbocycles. The summed E-state index contributed by atoms with van der Waals surface area (Å²) in [4.78, 5) is 16.7. The lowest BCUT2D eigenvalue weighted by Crippen LogP contribution is -2.19. The van der Waals surface area contributed by atoms with E-state index >= 15 is 0 Å². The van der Waals surface area contributed by atoms with Crippen LogP contribution in [0, 0.1) is 0 Å². The molecule has 0 saturated carbocycles. The number of pyridine rings is 1. The van der Waals surface area contributed by atoms with Gasteiger partial charge in [-0.3, -0.25) is 4.79 Å². The van der Waals surface area contributed by atoms with Gasteiger partial charge in [0.2, 0.25) is 5.91 Å². The number of fused-ring (bicyclic) bond motifs is 2. The Morgan fingerprint density at radius 1 is 1.24 bits per heavy atom. The van der Waals surface area contributed by atoms with Crippen molar-refractivity contribution in [2.24, 2.45) is 0 Å². The van der Waals surface area contributed by atoms with Gasteiger partial charge in [-0.1, -0.05) is 17.3 Å². The molecule has 8 nitrogen and oxygen atoms in total. The smallest absolute Gasteiger partial charge is 0.246 e. The first-order chi connectivity index (χ1) is 12.1. The second kappa shape index (κ2) is 5.97. The molecule has 0 saturated heterocycles. The zero-order valence-corrected chi connectivity index (χ0v) is 13.9. The topological polar surface area (TPSA) is 90.5 Å². The summed E-state index contributed by atoms with van der Waals surface area (Å²) in [5, 5.41) is 16.1. The van der Waals surface area contributed by atoms with E-state index in [-0.39, 0.29) is 18.5 Å². The van der Waals surface area contributed by atoms with Gasteiger partial charge in [-0.25, -0.2) is 14.3 Å². The number of amides is 1. The predicted octanol–water partition coefficient (Wildman–Crippen LogP) is 2.40. The maximum absolute atomic E-state index is 12.3. The summed E-state index contributed by atoms with van der Waals surface area (Å²) in [6.45, 7) is 4.18. The van der Waals surface area contributed by atoms with Crippen LogP contribution >= 0.6 is 0 Å². The summed E-state index contributed by atoms with van der Waals surface area (Å²) >= 11 is 0. The van der Waals surface area contributed by atoms with E-state index in [2.05, 4.69) is 25.7 Å². The average molecular weight is 335 g/mol. The van der Waals surface area contributed by atoms with E-state index in [0.717, 1.165) is 22.1 Å². The standard InChI is InChI=1S/C17H17N7O/c1-11(2)24-17-12(8-19-24)7-13(9-18-17)20-16(25)10-23-15-6-4-3-5-14(15)21-22-23/h3-9,11H,10H2,1-2H3,(H,20,25). The molecule has 4 rings (SSSR count). The third-order valence-corrected chi connectivity index (χ3v) is 3.92. The van der Waals surface area contributed by atoms with Crippen LogP contribution in [0.15, 0.2) is 42.7 Å². The monoisotopic (exact) mass is 335 g/mol. The van der Waals surface area contributed by atoms with E-state index in [1.54, 1.807) is 17.1 Å². The number of hydrogen-bond donors (Lipinski definition) is 1. The van der Waals surface area contributed by atoms with Crippen molar-refractivity contribution in [3.8, 4) is 0 Å². The molecule has 0 bridgehead atoms. The van der Waals surface area contributed by atoms with Crippen LogP contribution in [0.4, 0.5) is 5.69 Å². The fraction of sp³-hybridized carbons (Fsp3) is 0.235. The molecule has 4 aromatic rings. The molecule has 3 heterocycles. The third kappa shape index (κ3) is 2.82. The first kappa shape index (κ1) is 15.3. The molecule has 1 N–H and O–H groups in total. The fourth-order valence-electron chi connectivity index (χ4n) is 2.76. The van der Waals surface area contributed by atoms with Crippen LogP contribution < -0.4 is 5.32 Å². The van der Waals surface area contributed by atoms with Gasteiger partial charge in [0, 0.05) is 11.4 Å². The quantitative estimate of drug-likeness (QED) is 0.618. The number of anilines is 1. The molecule has 126 valence electrons. The second-order valence-electron chi connectivity index (χ2n) is 6.10. The normalized spacial score (nSPS) is 11.5. The van der Waals surface area contributed by atoms with Crippen LogP contribution in [0.1, 0.15) is 19.9 Å². The van der Waals surface area contributed by atoms with Crippen molar-refractivity contribution in [3.63, 3.8) is 0 Å². The molecule has 0 aliphatic carbocycles. The molecule has 0 unspecified atom stereocenters. The lowest BCUT2D eigenvalue weighted by atomic mass is 10.3. The van der Waals surface area contributed by atoms with E-state index in [1.165, 1.54) is 0 Å². The number of nitrogens with one attached hydrogen (secondary N) is 1. The molecule has 25 heavy (non-hydrogen) atoms. The Balaban J connectivity index is 1.53. The lowest BCUT2D eigenvalue weighted by Gasteiger charge is -2.08. The Morgan fingerprint density at radius 2 is 2.08 bits per heavy atom. The molecule has 3 aromatic heterocycles. The van der Waals surface area contributed by atoms with Crippen LogP contribution in [0.2, 0.25) is 0 Å². The molecule has 0 radical (unpaired) electrons. The van der Waals surface area contributed by atoms with Gasteiger partial charge in [0.25, 0.3) is 0 Å². The fourth-order valence-corrected chi connectivity index (χ4v) is 2.76. The van der Waals surface area contributed by atoms with E-state index in [0.29, 0.717) is 5.69 Å². The first-order valence-electron chi connectivity index (χ1n) is 8.03. The van der Waals surface area contributed by atoms with Crippen LogP contribution in [-0.2, 0) is 11.3 Å². The maximum Gasteiger partial charge on any atom is 0.246 e. The molecule has 0 atom stereocenters. The van der Waals surface area contributed by atoms with Gasteiger partial charge in [-0.05, 0) is 32.0 Å². The van der Waals surface area contributed by atoms with Gasteiger partial charge in [0.15, 0.2) is 5.65 Å². The number of hydrogen-bond acceptors (Lipinski definition) is 5. The summed E-state index contributed by atoms with van der Waals surface area (Å²) in [6.07, 6.45) is 3.39. The van der Waals surface area contributed by atoms with E-state index in [1.807, 2.05) is 48.9 Å². The van der Waals surface area contributed by atoms with Crippen molar-refractivity contribution < 1.29 is 4.79 Å².